The van der Waals surface area contributed by atoms with Crippen molar-refractivity contribution >= 4 is 14.3 Å². The summed E-state index contributed by atoms with van der Waals surface area (Å²) < 4.78 is 16.9. The van der Waals surface area contributed by atoms with E-state index < -0.39 is 51.5 Å². The number of esters is 1. The minimum atomic E-state index is -2.31. The van der Waals surface area contributed by atoms with E-state index in [4.69, 9.17) is 19.4 Å². The van der Waals surface area contributed by atoms with Gasteiger partial charge < -0.3 is 24.1 Å². The van der Waals surface area contributed by atoms with E-state index in [9.17, 15) is 15.0 Å². The third-order valence-corrected chi connectivity index (χ3v) is 8.96. The number of nitrogens with zero attached hydrogens (tertiary/aromatic N) is 3. The highest BCUT2D eigenvalue weighted by Crippen LogP contribution is 2.39. The monoisotopic (exact) mass is 361 g/mol. The zero-order chi connectivity index (χ0) is 18.7. The van der Waals surface area contributed by atoms with E-state index >= 15 is 0 Å². The van der Waals surface area contributed by atoms with Crippen LogP contribution in [0.3, 0.4) is 0 Å². The fraction of sp³-hybridized carbons (Fsp3) is 0.929. The van der Waals surface area contributed by atoms with Gasteiger partial charge in [-0.1, -0.05) is 25.9 Å². The molecule has 5 atom stereocenters. The molecule has 0 aromatic carbocycles. The van der Waals surface area contributed by atoms with Crippen molar-refractivity contribution in [1.29, 1.82) is 0 Å². The molecule has 24 heavy (non-hydrogen) atoms. The third kappa shape index (κ3) is 4.68. The maximum Gasteiger partial charge on any atom is 0.303 e. The van der Waals surface area contributed by atoms with Crippen LogP contribution in [0.2, 0.25) is 18.1 Å². The largest absolute Gasteiger partial charge is 0.459 e. The van der Waals surface area contributed by atoms with Gasteiger partial charge in [0.05, 0.1) is 6.61 Å². The van der Waals surface area contributed by atoms with Gasteiger partial charge >= 0.3 is 5.97 Å². The molecule has 1 rings (SSSR count). The van der Waals surface area contributed by atoms with Crippen molar-refractivity contribution in [3.63, 3.8) is 0 Å². The van der Waals surface area contributed by atoms with Gasteiger partial charge in [-0.15, -0.1) is 0 Å². The van der Waals surface area contributed by atoms with Gasteiger partial charge in [-0.25, -0.2) is 0 Å². The normalized spacial score (nSPS) is 31.2. The lowest BCUT2D eigenvalue weighted by Crippen LogP contribution is -2.62. The molecule has 1 aliphatic rings. The smallest absolute Gasteiger partial charge is 0.303 e. The number of hydrogen-bond acceptors (Lipinski definition) is 7. The molecule has 1 saturated heterocycles. The summed E-state index contributed by atoms with van der Waals surface area (Å²) in [4.78, 5) is 14.1. The number of hydrogen-bond donors (Lipinski definition) is 2. The van der Waals surface area contributed by atoms with Gasteiger partial charge in [0.25, 0.3) is 0 Å². The highest BCUT2D eigenvalue weighted by molar-refractivity contribution is 6.74. The molecule has 0 unspecified atom stereocenters. The first-order valence-corrected chi connectivity index (χ1v) is 10.7. The molecule has 0 radical (unpaired) electrons. The Morgan fingerprint density at radius 3 is 2.42 bits per heavy atom. The molecule has 0 saturated carbocycles. The van der Waals surface area contributed by atoms with Crippen molar-refractivity contribution < 1.29 is 28.9 Å². The Bertz CT molecular complexity index is 503. The van der Waals surface area contributed by atoms with Crippen LogP contribution in [0.1, 0.15) is 27.7 Å². The zero-order valence-corrected chi connectivity index (χ0v) is 16.0. The van der Waals surface area contributed by atoms with Gasteiger partial charge in [0.2, 0.25) is 0 Å². The second kappa shape index (κ2) is 7.81. The highest BCUT2D eigenvalue weighted by Gasteiger charge is 2.50. The van der Waals surface area contributed by atoms with Crippen LogP contribution in [0.5, 0.6) is 0 Å². The number of aliphatic hydroxyl groups is 2. The molecule has 2 N–H and O–H groups in total. The topological polar surface area (TPSA) is 134 Å². The SMILES string of the molecule is CC(=O)O[C@H]1[C@H](O)[C@@H](CO)O[C@@H](O[Si](C)(C)C(C)(C)C)[C@@H]1N=[N+]=[N-]. The first kappa shape index (κ1) is 20.9. The standard InChI is InChI=1S/C14H27N3O6Si/c1-8(19)21-12-10(16-17-15)13(22-9(7-18)11(12)20)23-24(5,6)14(2,3)4/h9-13,18,20H,7H2,1-6H3/t9-,10-,11-,12-,13+/m1/s1. The molecule has 9 nitrogen and oxygen atoms in total. The van der Waals surface area contributed by atoms with Crippen molar-refractivity contribution in [1.82, 2.24) is 0 Å². The van der Waals surface area contributed by atoms with Crippen LogP contribution in [-0.4, -0.2) is 61.8 Å². The predicted molar refractivity (Wildman–Crippen MR) is 88.5 cm³/mol. The van der Waals surface area contributed by atoms with Gasteiger partial charge in [0.1, 0.15) is 24.4 Å². The maximum atomic E-state index is 11.3. The molecule has 1 aliphatic heterocycles. The molecular formula is C14H27N3O6Si. The Balaban J connectivity index is 3.19. The minimum Gasteiger partial charge on any atom is -0.459 e. The third-order valence-electron chi connectivity index (χ3n) is 4.53. The molecule has 1 heterocycles. The van der Waals surface area contributed by atoms with Gasteiger partial charge in [-0.2, -0.15) is 0 Å². The molecular weight excluding hydrogens is 334 g/mol. The van der Waals surface area contributed by atoms with Crippen molar-refractivity contribution in [2.75, 3.05) is 6.61 Å². The predicted octanol–water partition coefficient (Wildman–Crippen LogP) is 1.70. The molecule has 0 aliphatic carbocycles. The highest BCUT2D eigenvalue weighted by atomic mass is 28.4. The van der Waals surface area contributed by atoms with Crippen LogP contribution in [0, 0.1) is 0 Å². The number of aliphatic hydroxyl groups excluding tert-OH is 2. The summed E-state index contributed by atoms with van der Waals surface area (Å²) >= 11 is 0. The summed E-state index contributed by atoms with van der Waals surface area (Å²) in [6.07, 6.45) is -4.51. The summed E-state index contributed by atoms with van der Waals surface area (Å²) in [6.45, 7) is 10.8. The van der Waals surface area contributed by atoms with Crippen LogP contribution in [0.15, 0.2) is 5.11 Å². The van der Waals surface area contributed by atoms with E-state index in [2.05, 4.69) is 10.0 Å². The second-order valence-electron chi connectivity index (χ2n) is 7.36. The summed E-state index contributed by atoms with van der Waals surface area (Å²) in [6, 6.07) is -1.05. The lowest BCUT2D eigenvalue weighted by atomic mass is 9.97. The van der Waals surface area contributed by atoms with E-state index in [1.54, 1.807) is 0 Å². The quantitative estimate of drug-likeness (QED) is 0.252. The average Bonchev–Trinajstić information content (AvgIpc) is 2.43. The van der Waals surface area contributed by atoms with Crippen molar-refractivity contribution in [2.45, 2.75) is 76.5 Å². The zero-order valence-electron chi connectivity index (χ0n) is 15.0. The molecule has 0 aromatic heterocycles. The Kier molecular flexibility index (Phi) is 6.80. The van der Waals surface area contributed by atoms with Crippen molar-refractivity contribution in [2.24, 2.45) is 5.11 Å². The van der Waals surface area contributed by atoms with Crippen molar-refractivity contribution in [3.05, 3.63) is 10.4 Å². The van der Waals surface area contributed by atoms with Crippen LogP contribution in [0.25, 0.3) is 10.4 Å². The molecule has 0 bridgehead atoms. The van der Waals surface area contributed by atoms with Crippen LogP contribution in [0.4, 0.5) is 0 Å². The van der Waals surface area contributed by atoms with E-state index in [-0.39, 0.29) is 5.04 Å². The van der Waals surface area contributed by atoms with Crippen molar-refractivity contribution in [3.8, 4) is 0 Å². The van der Waals surface area contributed by atoms with Gasteiger partial charge in [-0.3, -0.25) is 4.79 Å². The Morgan fingerprint density at radius 1 is 1.42 bits per heavy atom. The summed E-state index contributed by atoms with van der Waals surface area (Å²) in [5.74, 6) is -0.637. The number of carbonyl (C=O) groups excluding carboxylic acids is 1. The van der Waals surface area contributed by atoms with E-state index in [1.165, 1.54) is 6.92 Å². The summed E-state index contributed by atoms with van der Waals surface area (Å²) in [5, 5.41) is 23.2. The minimum absolute atomic E-state index is 0.140. The van der Waals surface area contributed by atoms with Crippen LogP contribution >= 0.6 is 0 Å². The Labute approximate surface area is 142 Å². The number of azide groups is 1. The van der Waals surface area contributed by atoms with Gasteiger partial charge in [-0.05, 0) is 23.7 Å². The fourth-order valence-electron chi connectivity index (χ4n) is 2.13. The van der Waals surface area contributed by atoms with Gasteiger partial charge in [0.15, 0.2) is 14.6 Å². The molecule has 1 fully saturated rings. The number of ether oxygens (including phenoxy) is 2. The first-order valence-electron chi connectivity index (χ1n) is 7.78. The first-order chi connectivity index (χ1) is 10.9. The molecule has 0 aromatic rings. The number of carbonyl (C=O) groups is 1. The van der Waals surface area contributed by atoms with E-state index in [0.29, 0.717) is 0 Å². The van der Waals surface area contributed by atoms with E-state index in [1.807, 2.05) is 33.9 Å². The average molecular weight is 361 g/mol. The molecule has 138 valence electrons. The fourth-order valence-corrected chi connectivity index (χ4v) is 3.26. The summed E-state index contributed by atoms with van der Waals surface area (Å²) in [7, 11) is -2.31. The van der Waals surface area contributed by atoms with Gasteiger partial charge in [0, 0.05) is 11.8 Å². The lowest BCUT2D eigenvalue weighted by Gasteiger charge is -2.46. The van der Waals surface area contributed by atoms with Crippen LogP contribution < -0.4 is 0 Å². The van der Waals surface area contributed by atoms with Crippen LogP contribution in [-0.2, 0) is 18.7 Å². The molecule has 10 heteroatoms. The molecule has 0 amide bonds. The van der Waals surface area contributed by atoms with E-state index in [0.717, 1.165) is 0 Å². The Morgan fingerprint density at radius 2 is 2.00 bits per heavy atom. The lowest BCUT2D eigenvalue weighted by molar-refractivity contribution is -0.248. The second-order valence-corrected chi connectivity index (χ2v) is 12.1. The maximum absolute atomic E-state index is 11.3. The Hall–Kier alpha value is -1.16. The summed E-state index contributed by atoms with van der Waals surface area (Å²) in [5.41, 5.74) is 8.84. The number of rotatable bonds is 5. The molecule has 0 spiro atoms.